The monoisotopic (exact) mass is 333 g/mol. The number of likely N-dealkylation sites (tertiary alicyclic amines) is 1. The van der Waals surface area contributed by atoms with Gasteiger partial charge in [-0.25, -0.2) is 8.78 Å². The molecule has 1 N–H and O–H groups in total. The van der Waals surface area contributed by atoms with E-state index in [-0.39, 0.29) is 29.5 Å². The molecule has 1 aromatic carbocycles. The minimum atomic E-state index is -0.534. The van der Waals surface area contributed by atoms with Gasteiger partial charge in [0.05, 0.1) is 18.2 Å². The average Bonchev–Trinajstić information content (AvgIpc) is 3.11. The van der Waals surface area contributed by atoms with Gasteiger partial charge in [0.2, 0.25) is 5.91 Å². The Hall–Kier alpha value is -2.24. The van der Waals surface area contributed by atoms with Crippen LogP contribution in [0, 0.1) is 32.4 Å². The number of carbonyl (C=O) groups is 1. The SMILES string of the molecule is Cc1cc(F)c(CC(=O)N2CCCC2c2c(C)n[nH]c2C)cc1F. The Morgan fingerprint density at radius 3 is 2.71 bits per heavy atom. The van der Waals surface area contributed by atoms with E-state index in [1.54, 1.807) is 4.90 Å². The molecule has 0 radical (unpaired) electrons. The molecule has 1 saturated heterocycles. The van der Waals surface area contributed by atoms with Gasteiger partial charge in [-0.2, -0.15) is 5.10 Å². The Kier molecular flexibility index (Phi) is 4.39. The molecule has 1 aliphatic rings. The molecule has 1 atom stereocenters. The van der Waals surface area contributed by atoms with Crippen molar-refractivity contribution in [2.24, 2.45) is 0 Å². The van der Waals surface area contributed by atoms with Gasteiger partial charge in [0.25, 0.3) is 0 Å². The van der Waals surface area contributed by atoms with E-state index in [1.807, 2.05) is 13.8 Å². The number of amides is 1. The first-order valence-electron chi connectivity index (χ1n) is 8.14. The van der Waals surface area contributed by atoms with Crippen molar-refractivity contribution in [2.45, 2.75) is 46.1 Å². The quantitative estimate of drug-likeness (QED) is 0.934. The molecule has 0 aliphatic carbocycles. The summed E-state index contributed by atoms with van der Waals surface area (Å²) in [5.74, 6) is -1.20. The third-order valence-corrected chi connectivity index (χ3v) is 4.76. The predicted octanol–water partition coefficient (Wildman–Crippen LogP) is 3.52. The van der Waals surface area contributed by atoms with Crippen molar-refractivity contribution >= 4 is 5.91 Å². The number of aromatic nitrogens is 2. The van der Waals surface area contributed by atoms with Gasteiger partial charge in [-0.1, -0.05) is 0 Å². The molecule has 3 rings (SSSR count). The summed E-state index contributed by atoms with van der Waals surface area (Å²) in [6.07, 6.45) is 1.62. The highest BCUT2D eigenvalue weighted by atomic mass is 19.1. The first kappa shape index (κ1) is 16.6. The minimum absolute atomic E-state index is 0.0467. The number of halogens is 2. The van der Waals surface area contributed by atoms with Crippen molar-refractivity contribution in [1.82, 2.24) is 15.1 Å². The number of nitrogens with one attached hydrogen (secondary N) is 1. The fourth-order valence-corrected chi connectivity index (χ4v) is 3.50. The first-order valence-corrected chi connectivity index (χ1v) is 8.14. The van der Waals surface area contributed by atoms with Crippen LogP contribution < -0.4 is 0 Å². The van der Waals surface area contributed by atoms with Crippen LogP contribution >= 0.6 is 0 Å². The van der Waals surface area contributed by atoms with Crippen LogP contribution in [0.15, 0.2) is 12.1 Å². The Morgan fingerprint density at radius 1 is 1.29 bits per heavy atom. The molecule has 1 aliphatic heterocycles. The van der Waals surface area contributed by atoms with Crippen molar-refractivity contribution < 1.29 is 13.6 Å². The number of carbonyl (C=O) groups excluding carboxylic acids is 1. The van der Waals surface area contributed by atoms with Crippen LogP contribution in [-0.4, -0.2) is 27.5 Å². The smallest absolute Gasteiger partial charge is 0.227 e. The van der Waals surface area contributed by atoms with Crippen LogP contribution in [0.1, 0.15) is 47.0 Å². The maximum Gasteiger partial charge on any atom is 0.227 e. The lowest BCUT2D eigenvalue weighted by molar-refractivity contribution is -0.131. The maximum absolute atomic E-state index is 14.0. The molecule has 0 saturated carbocycles. The molecule has 2 aromatic rings. The third kappa shape index (κ3) is 2.92. The van der Waals surface area contributed by atoms with Crippen LogP contribution in [0.3, 0.4) is 0 Å². The fraction of sp³-hybridized carbons (Fsp3) is 0.444. The molecule has 0 spiro atoms. The number of hydrogen-bond donors (Lipinski definition) is 1. The highest BCUT2D eigenvalue weighted by molar-refractivity contribution is 5.79. The van der Waals surface area contributed by atoms with Crippen LogP contribution in [0.2, 0.25) is 0 Å². The summed E-state index contributed by atoms with van der Waals surface area (Å²) in [6, 6.07) is 2.22. The molecule has 1 aromatic heterocycles. The number of aryl methyl sites for hydroxylation is 3. The Bertz CT molecular complexity index is 765. The second-order valence-corrected chi connectivity index (χ2v) is 6.46. The summed E-state index contributed by atoms with van der Waals surface area (Å²) in [5, 5.41) is 7.15. The fourth-order valence-electron chi connectivity index (χ4n) is 3.50. The minimum Gasteiger partial charge on any atom is -0.335 e. The van der Waals surface area contributed by atoms with E-state index < -0.39 is 11.6 Å². The van der Waals surface area contributed by atoms with E-state index in [0.717, 1.165) is 41.9 Å². The summed E-state index contributed by atoms with van der Waals surface area (Å²) in [6.45, 7) is 5.98. The number of benzene rings is 1. The van der Waals surface area contributed by atoms with Gasteiger partial charge >= 0.3 is 0 Å². The van der Waals surface area contributed by atoms with Gasteiger partial charge < -0.3 is 4.90 Å². The van der Waals surface area contributed by atoms with E-state index in [1.165, 1.54) is 6.92 Å². The Morgan fingerprint density at radius 2 is 2.04 bits per heavy atom. The number of aromatic amines is 1. The molecular weight excluding hydrogens is 312 g/mol. The summed E-state index contributed by atoms with van der Waals surface area (Å²) < 4.78 is 27.7. The van der Waals surface area contributed by atoms with Crippen LogP contribution in [0.5, 0.6) is 0 Å². The molecular formula is C18H21F2N3O. The van der Waals surface area contributed by atoms with Gasteiger partial charge in [0.1, 0.15) is 11.6 Å². The molecule has 24 heavy (non-hydrogen) atoms. The zero-order valence-electron chi connectivity index (χ0n) is 14.1. The van der Waals surface area contributed by atoms with Gasteiger partial charge in [0.15, 0.2) is 0 Å². The van der Waals surface area contributed by atoms with E-state index >= 15 is 0 Å². The normalized spacial score (nSPS) is 17.5. The summed E-state index contributed by atoms with van der Waals surface area (Å²) in [7, 11) is 0. The standard InChI is InChI=1S/C18H21F2N3O/c1-10-7-15(20)13(8-14(10)19)9-17(24)23-6-4-5-16(23)18-11(2)21-22-12(18)3/h7-8,16H,4-6,9H2,1-3H3,(H,21,22). The highest BCUT2D eigenvalue weighted by Crippen LogP contribution is 2.35. The lowest BCUT2D eigenvalue weighted by Crippen LogP contribution is -2.32. The van der Waals surface area contributed by atoms with Gasteiger partial charge in [-0.15, -0.1) is 0 Å². The molecule has 1 amide bonds. The zero-order chi connectivity index (χ0) is 17.4. The van der Waals surface area contributed by atoms with Crippen molar-refractivity contribution in [3.8, 4) is 0 Å². The summed E-state index contributed by atoms with van der Waals surface area (Å²) >= 11 is 0. The topological polar surface area (TPSA) is 49.0 Å². The number of nitrogens with zero attached hydrogens (tertiary/aromatic N) is 2. The van der Waals surface area contributed by atoms with Crippen molar-refractivity contribution in [3.63, 3.8) is 0 Å². The lowest BCUT2D eigenvalue weighted by Gasteiger charge is -2.25. The maximum atomic E-state index is 14.0. The van der Waals surface area contributed by atoms with Gasteiger partial charge in [0, 0.05) is 23.4 Å². The summed E-state index contributed by atoms with van der Waals surface area (Å²) in [4.78, 5) is 14.5. The van der Waals surface area contributed by atoms with E-state index in [4.69, 9.17) is 0 Å². The van der Waals surface area contributed by atoms with Gasteiger partial charge in [-0.05, 0) is 51.3 Å². The highest BCUT2D eigenvalue weighted by Gasteiger charge is 2.33. The third-order valence-electron chi connectivity index (χ3n) is 4.76. The molecule has 128 valence electrons. The van der Waals surface area contributed by atoms with Crippen molar-refractivity contribution in [2.75, 3.05) is 6.54 Å². The molecule has 0 bridgehead atoms. The Balaban J connectivity index is 1.83. The number of hydrogen-bond acceptors (Lipinski definition) is 2. The van der Waals surface area contributed by atoms with E-state index in [2.05, 4.69) is 10.2 Å². The second-order valence-electron chi connectivity index (χ2n) is 6.46. The molecule has 4 nitrogen and oxygen atoms in total. The van der Waals surface area contributed by atoms with Crippen molar-refractivity contribution in [3.05, 3.63) is 51.8 Å². The average molecular weight is 333 g/mol. The van der Waals surface area contributed by atoms with Crippen molar-refractivity contribution in [1.29, 1.82) is 0 Å². The number of rotatable bonds is 3. The van der Waals surface area contributed by atoms with Crippen LogP contribution in [0.25, 0.3) is 0 Å². The zero-order valence-corrected chi connectivity index (χ0v) is 14.1. The molecule has 6 heteroatoms. The molecule has 1 fully saturated rings. The largest absolute Gasteiger partial charge is 0.335 e. The molecule has 1 unspecified atom stereocenters. The first-order chi connectivity index (χ1) is 11.4. The second kappa shape index (κ2) is 6.34. The predicted molar refractivity (Wildman–Crippen MR) is 86.5 cm³/mol. The molecule has 2 heterocycles. The van der Waals surface area contributed by atoms with E-state index in [0.29, 0.717) is 6.54 Å². The van der Waals surface area contributed by atoms with Crippen LogP contribution in [-0.2, 0) is 11.2 Å². The number of H-pyrrole nitrogens is 1. The van der Waals surface area contributed by atoms with E-state index in [9.17, 15) is 13.6 Å². The van der Waals surface area contributed by atoms with Gasteiger partial charge in [-0.3, -0.25) is 9.89 Å². The van der Waals surface area contributed by atoms with Crippen LogP contribution in [0.4, 0.5) is 8.78 Å². The summed E-state index contributed by atoms with van der Waals surface area (Å²) in [5.41, 5.74) is 3.22. The lowest BCUT2D eigenvalue weighted by atomic mass is 10.0. The Labute approximate surface area is 139 Å².